The number of hydrogen-bond acceptors (Lipinski definition) is 4. The van der Waals surface area contributed by atoms with E-state index in [-0.39, 0.29) is 5.91 Å². The molecule has 0 spiro atoms. The van der Waals surface area contributed by atoms with Gasteiger partial charge in [-0.1, -0.05) is 6.07 Å². The second kappa shape index (κ2) is 5.99. The quantitative estimate of drug-likeness (QED) is 0.796. The molecule has 1 fully saturated rings. The molecule has 0 bridgehead atoms. The molecule has 100 valence electrons. The highest BCUT2D eigenvalue weighted by Gasteiger charge is 2.20. The number of anilines is 1. The molecule has 0 atom stereocenters. The minimum absolute atomic E-state index is 0.261. The molecular weight excluding hydrogens is 246 g/mol. The van der Waals surface area contributed by atoms with Gasteiger partial charge >= 0.3 is 5.97 Å². The van der Waals surface area contributed by atoms with Crippen LogP contribution in [-0.2, 0) is 9.59 Å². The van der Waals surface area contributed by atoms with Crippen LogP contribution in [-0.4, -0.2) is 53.0 Å². The Morgan fingerprint density at radius 3 is 2.47 bits per heavy atom. The predicted molar refractivity (Wildman–Crippen MR) is 69.8 cm³/mol. The minimum atomic E-state index is -1.11. The van der Waals surface area contributed by atoms with E-state index in [4.69, 9.17) is 5.11 Å². The van der Waals surface area contributed by atoms with Crippen LogP contribution in [0.25, 0.3) is 0 Å². The van der Waals surface area contributed by atoms with Gasteiger partial charge in [0.1, 0.15) is 5.82 Å². The number of carboxylic acid groups (broad SMARTS) is 1. The van der Waals surface area contributed by atoms with E-state index in [0.717, 1.165) is 18.0 Å². The summed E-state index contributed by atoms with van der Waals surface area (Å²) in [5.41, 5.74) is 0. The Labute approximate surface area is 111 Å². The fourth-order valence-electron chi connectivity index (χ4n) is 1.94. The number of amides is 1. The summed E-state index contributed by atoms with van der Waals surface area (Å²) >= 11 is 0. The lowest BCUT2D eigenvalue weighted by Gasteiger charge is -2.34. The summed E-state index contributed by atoms with van der Waals surface area (Å²) in [5, 5.41) is 8.48. The topological polar surface area (TPSA) is 73.7 Å². The Morgan fingerprint density at radius 2 is 1.89 bits per heavy atom. The van der Waals surface area contributed by atoms with Gasteiger partial charge in [0.05, 0.1) is 0 Å². The molecule has 0 aliphatic carbocycles. The van der Waals surface area contributed by atoms with Gasteiger partial charge in [-0.05, 0) is 12.1 Å². The number of rotatable bonds is 3. The Bertz CT molecular complexity index is 479. The number of aromatic nitrogens is 1. The van der Waals surface area contributed by atoms with Gasteiger partial charge < -0.3 is 14.9 Å². The molecule has 1 aromatic heterocycles. The van der Waals surface area contributed by atoms with Crippen molar-refractivity contribution in [2.24, 2.45) is 0 Å². The first-order chi connectivity index (χ1) is 9.16. The molecule has 0 saturated carbocycles. The Balaban J connectivity index is 1.89. The van der Waals surface area contributed by atoms with Crippen molar-refractivity contribution in [1.82, 2.24) is 9.88 Å². The Hall–Kier alpha value is -2.37. The lowest BCUT2D eigenvalue weighted by molar-refractivity contribution is -0.132. The van der Waals surface area contributed by atoms with E-state index in [0.29, 0.717) is 26.2 Å². The van der Waals surface area contributed by atoms with Crippen LogP contribution >= 0.6 is 0 Å². The number of nitrogens with zero attached hydrogens (tertiary/aromatic N) is 3. The predicted octanol–water partition coefficient (Wildman–Crippen LogP) is 0.371. The van der Waals surface area contributed by atoms with Crippen LogP contribution < -0.4 is 4.90 Å². The van der Waals surface area contributed by atoms with Crippen LogP contribution in [0.1, 0.15) is 0 Å². The van der Waals surface area contributed by atoms with Gasteiger partial charge in [-0.2, -0.15) is 0 Å². The highest BCUT2D eigenvalue weighted by Crippen LogP contribution is 2.12. The van der Waals surface area contributed by atoms with Gasteiger partial charge in [0.15, 0.2) is 0 Å². The summed E-state index contributed by atoms with van der Waals surface area (Å²) in [4.78, 5) is 30.0. The zero-order valence-electron chi connectivity index (χ0n) is 10.4. The normalized spacial score (nSPS) is 15.8. The minimum Gasteiger partial charge on any atom is -0.478 e. The van der Waals surface area contributed by atoms with Crippen molar-refractivity contribution in [3.8, 4) is 0 Å². The zero-order chi connectivity index (χ0) is 13.7. The molecule has 6 nitrogen and oxygen atoms in total. The van der Waals surface area contributed by atoms with E-state index in [2.05, 4.69) is 9.88 Å². The molecule has 6 heteroatoms. The van der Waals surface area contributed by atoms with Gasteiger partial charge in [-0.15, -0.1) is 0 Å². The first-order valence-corrected chi connectivity index (χ1v) is 6.03. The number of carbonyl (C=O) groups is 2. The second-order valence-corrected chi connectivity index (χ2v) is 4.17. The smallest absolute Gasteiger partial charge is 0.328 e. The van der Waals surface area contributed by atoms with Crippen molar-refractivity contribution in [2.45, 2.75) is 0 Å². The molecule has 19 heavy (non-hydrogen) atoms. The molecule has 2 rings (SSSR count). The molecule has 1 saturated heterocycles. The van der Waals surface area contributed by atoms with Crippen molar-refractivity contribution >= 4 is 17.7 Å². The van der Waals surface area contributed by atoms with Crippen molar-refractivity contribution < 1.29 is 14.7 Å². The molecule has 1 amide bonds. The molecule has 1 aliphatic heterocycles. The summed E-state index contributed by atoms with van der Waals surface area (Å²) in [7, 11) is 0. The third-order valence-electron chi connectivity index (χ3n) is 2.93. The maximum absolute atomic E-state index is 11.7. The van der Waals surface area contributed by atoms with Crippen LogP contribution in [0.3, 0.4) is 0 Å². The van der Waals surface area contributed by atoms with Crippen molar-refractivity contribution in [1.29, 1.82) is 0 Å². The highest BCUT2D eigenvalue weighted by molar-refractivity contribution is 5.94. The fourth-order valence-corrected chi connectivity index (χ4v) is 1.94. The van der Waals surface area contributed by atoms with Crippen molar-refractivity contribution in [3.05, 3.63) is 36.5 Å². The van der Waals surface area contributed by atoms with E-state index in [1.54, 1.807) is 11.1 Å². The van der Waals surface area contributed by atoms with Crippen molar-refractivity contribution in [2.75, 3.05) is 31.1 Å². The SMILES string of the molecule is O=C(O)C=CC(=O)N1CCN(c2ccccn2)CC1. The molecule has 2 heterocycles. The lowest BCUT2D eigenvalue weighted by atomic mass is 10.3. The lowest BCUT2D eigenvalue weighted by Crippen LogP contribution is -2.48. The number of hydrogen-bond donors (Lipinski definition) is 1. The van der Waals surface area contributed by atoms with Gasteiger partial charge in [-0.25, -0.2) is 9.78 Å². The summed E-state index contributed by atoms with van der Waals surface area (Å²) < 4.78 is 0. The van der Waals surface area contributed by atoms with Gasteiger partial charge in [0.2, 0.25) is 5.91 Å². The van der Waals surface area contributed by atoms with Crippen LogP contribution in [0.2, 0.25) is 0 Å². The molecule has 0 radical (unpaired) electrons. The molecule has 0 unspecified atom stereocenters. The standard InChI is InChI=1S/C13H15N3O3/c17-12(4-5-13(18)19)16-9-7-15(8-10-16)11-3-1-2-6-14-11/h1-6H,7-10H2,(H,18,19). The second-order valence-electron chi connectivity index (χ2n) is 4.17. The maximum atomic E-state index is 11.7. The highest BCUT2D eigenvalue weighted by atomic mass is 16.4. The number of carbonyl (C=O) groups excluding carboxylic acids is 1. The van der Waals surface area contributed by atoms with Crippen molar-refractivity contribution in [3.63, 3.8) is 0 Å². The molecule has 1 aromatic rings. The van der Waals surface area contributed by atoms with Crippen LogP contribution in [0.5, 0.6) is 0 Å². The average Bonchev–Trinajstić information content (AvgIpc) is 2.46. The third kappa shape index (κ3) is 3.54. The van der Waals surface area contributed by atoms with Gasteiger partial charge in [0, 0.05) is 44.5 Å². The molecule has 1 aliphatic rings. The Kier molecular flexibility index (Phi) is 4.12. The van der Waals surface area contributed by atoms with E-state index >= 15 is 0 Å². The summed E-state index contributed by atoms with van der Waals surface area (Å²) in [5.74, 6) is -0.473. The number of piperazine rings is 1. The van der Waals surface area contributed by atoms with Gasteiger partial charge in [0.25, 0.3) is 0 Å². The monoisotopic (exact) mass is 261 g/mol. The number of aliphatic carboxylic acids is 1. The van der Waals surface area contributed by atoms with E-state index in [1.165, 1.54) is 0 Å². The molecule has 1 N–H and O–H groups in total. The van der Waals surface area contributed by atoms with E-state index < -0.39 is 5.97 Å². The van der Waals surface area contributed by atoms with Gasteiger partial charge in [-0.3, -0.25) is 4.79 Å². The largest absolute Gasteiger partial charge is 0.478 e. The van der Waals surface area contributed by atoms with Crippen LogP contribution in [0.4, 0.5) is 5.82 Å². The summed E-state index contributed by atoms with van der Waals surface area (Å²) in [6, 6.07) is 5.72. The van der Waals surface area contributed by atoms with E-state index in [9.17, 15) is 9.59 Å². The first kappa shape index (κ1) is 13.1. The van der Waals surface area contributed by atoms with Crippen LogP contribution in [0.15, 0.2) is 36.5 Å². The number of pyridine rings is 1. The van der Waals surface area contributed by atoms with Crippen LogP contribution in [0, 0.1) is 0 Å². The van der Waals surface area contributed by atoms with E-state index in [1.807, 2.05) is 18.2 Å². The summed E-state index contributed by atoms with van der Waals surface area (Å²) in [6.45, 7) is 2.53. The first-order valence-electron chi connectivity index (χ1n) is 6.03. The molecular formula is C13H15N3O3. The fraction of sp³-hybridized carbons (Fsp3) is 0.308. The Morgan fingerprint density at radius 1 is 1.16 bits per heavy atom. The summed E-state index contributed by atoms with van der Waals surface area (Å²) in [6.07, 6.45) is 3.70. The number of carboxylic acids is 1. The zero-order valence-corrected chi connectivity index (χ0v) is 10.4. The molecule has 0 aromatic carbocycles. The average molecular weight is 261 g/mol. The maximum Gasteiger partial charge on any atom is 0.328 e. The third-order valence-corrected chi connectivity index (χ3v) is 2.93.